The Morgan fingerprint density at radius 1 is 1.08 bits per heavy atom. The number of carbonyl (C=O) groups excluding carboxylic acids is 1. The number of anilines is 2. The molecule has 0 atom stereocenters. The number of ether oxygens (including phenoxy) is 1. The number of aromatic carboxylic acids is 1. The number of carboxylic acids is 1. The Morgan fingerprint density at radius 3 is 2.53 bits per heavy atom. The van der Waals surface area contributed by atoms with Crippen LogP contribution in [-0.2, 0) is 16.1 Å². The zero-order chi connectivity index (χ0) is 26.9. The molecule has 0 unspecified atom stereocenters. The molecule has 0 saturated carbocycles. The summed E-state index contributed by atoms with van der Waals surface area (Å²) in [6, 6.07) is 8.78. The summed E-state index contributed by atoms with van der Waals surface area (Å²) >= 11 is 0. The molecule has 0 aliphatic carbocycles. The first-order chi connectivity index (χ1) is 18.4. The van der Waals surface area contributed by atoms with Gasteiger partial charge in [-0.3, -0.25) is 9.69 Å². The van der Waals surface area contributed by atoms with Crippen LogP contribution in [0.4, 0.5) is 11.5 Å². The Morgan fingerprint density at radius 2 is 1.82 bits per heavy atom. The molecule has 5 N–H and O–H groups in total. The molecule has 2 aromatic heterocycles. The van der Waals surface area contributed by atoms with Crippen LogP contribution in [0.1, 0.15) is 22.6 Å². The van der Waals surface area contributed by atoms with Crippen LogP contribution in [0.5, 0.6) is 5.75 Å². The van der Waals surface area contributed by atoms with E-state index in [1.807, 2.05) is 12.1 Å². The van der Waals surface area contributed by atoms with Crippen molar-refractivity contribution in [2.45, 2.75) is 13.0 Å². The van der Waals surface area contributed by atoms with Gasteiger partial charge in [-0.15, -0.1) is 10.2 Å². The Kier molecular flexibility index (Phi) is 8.95. The van der Waals surface area contributed by atoms with Crippen molar-refractivity contribution in [2.24, 2.45) is 0 Å². The molecule has 1 aliphatic rings. The van der Waals surface area contributed by atoms with Crippen LogP contribution in [0, 0.1) is 0 Å². The van der Waals surface area contributed by atoms with Crippen molar-refractivity contribution in [3.63, 3.8) is 0 Å². The van der Waals surface area contributed by atoms with Crippen molar-refractivity contribution in [1.29, 1.82) is 0 Å². The number of rotatable bonds is 11. The van der Waals surface area contributed by atoms with Gasteiger partial charge in [0, 0.05) is 57.3 Å². The van der Waals surface area contributed by atoms with E-state index in [0.29, 0.717) is 75.2 Å². The molecule has 4 rings (SSSR count). The summed E-state index contributed by atoms with van der Waals surface area (Å²) in [6.45, 7) is 4.07. The number of nitrogens with two attached hydrogens (primary N) is 1. The number of amides is 1. The first-order valence-electron chi connectivity index (χ1n) is 12.2. The standard InChI is InChI=1S/C25H30N8O5/c26-24-20(12-19(30-31-24)18-4-1-2-5-21(18)34)33-9-7-32(8-10-33)15-23(35)27-6-3-11-38-16-22-28-13-17(14-29-22)25(36)37/h1-2,4-5,12-14,34H,3,6-11,15-16H2,(H2,26,31)(H,27,35)(H,36,37). The fourth-order valence-electron chi connectivity index (χ4n) is 3.98. The van der Waals surface area contributed by atoms with Crippen LogP contribution in [-0.4, -0.2) is 93.0 Å². The van der Waals surface area contributed by atoms with Gasteiger partial charge in [-0.1, -0.05) is 12.1 Å². The average molecular weight is 523 g/mol. The van der Waals surface area contributed by atoms with Gasteiger partial charge in [0.2, 0.25) is 5.91 Å². The molecular weight excluding hydrogens is 492 g/mol. The van der Waals surface area contributed by atoms with Gasteiger partial charge >= 0.3 is 5.97 Å². The molecule has 1 aliphatic heterocycles. The fraction of sp³-hybridized carbons (Fsp3) is 0.360. The molecule has 13 heteroatoms. The molecule has 1 amide bonds. The molecule has 1 aromatic carbocycles. The second-order valence-electron chi connectivity index (χ2n) is 8.73. The highest BCUT2D eigenvalue weighted by Crippen LogP contribution is 2.31. The van der Waals surface area contributed by atoms with Gasteiger partial charge < -0.3 is 30.9 Å². The minimum Gasteiger partial charge on any atom is -0.507 e. The average Bonchev–Trinajstić information content (AvgIpc) is 2.92. The number of hydrogen-bond acceptors (Lipinski definition) is 11. The first kappa shape index (κ1) is 26.7. The second-order valence-corrected chi connectivity index (χ2v) is 8.73. The molecule has 0 radical (unpaired) electrons. The summed E-state index contributed by atoms with van der Waals surface area (Å²) in [5, 5.41) is 30.1. The van der Waals surface area contributed by atoms with Crippen LogP contribution >= 0.6 is 0 Å². The number of nitrogens with one attached hydrogen (secondary N) is 1. The highest BCUT2D eigenvalue weighted by atomic mass is 16.5. The topological polar surface area (TPSA) is 180 Å². The van der Waals surface area contributed by atoms with Crippen molar-refractivity contribution in [3.8, 4) is 17.0 Å². The number of aromatic nitrogens is 4. The largest absolute Gasteiger partial charge is 0.507 e. The third kappa shape index (κ3) is 7.11. The zero-order valence-electron chi connectivity index (χ0n) is 20.8. The fourth-order valence-corrected chi connectivity index (χ4v) is 3.98. The number of phenolic OH excluding ortho intramolecular Hbond substituents is 1. The van der Waals surface area contributed by atoms with Crippen molar-refractivity contribution in [1.82, 2.24) is 30.4 Å². The van der Waals surface area contributed by atoms with E-state index in [1.165, 1.54) is 12.4 Å². The van der Waals surface area contributed by atoms with E-state index in [2.05, 4.69) is 35.3 Å². The van der Waals surface area contributed by atoms with E-state index >= 15 is 0 Å². The molecule has 1 fully saturated rings. The number of para-hydroxylation sites is 1. The van der Waals surface area contributed by atoms with Crippen LogP contribution in [0.15, 0.2) is 42.7 Å². The summed E-state index contributed by atoms with van der Waals surface area (Å²) < 4.78 is 5.49. The summed E-state index contributed by atoms with van der Waals surface area (Å²) in [7, 11) is 0. The number of hydrogen-bond donors (Lipinski definition) is 4. The number of carboxylic acid groups (broad SMARTS) is 1. The highest BCUT2D eigenvalue weighted by Gasteiger charge is 2.22. The molecule has 38 heavy (non-hydrogen) atoms. The summed E-state index contributed by atoms with van der Waals surface area (Å²) in [4.78, 5) is 35.2. The van der Waals surface area contributed by atoms with Crippen LogP contribution in [0.25, 0.3) is 11.3 Å². The number of nitrogens with zero attached hydrogens (tertiary/aromatic N) is 6. The second kappa shape index (κ2) is 12.7. The number of phenols is 1. The lowest BCUT2D eigenvalue weighted by Crippen LogP contribution is -2.49. The first-order valence-corrected chi connectivity index (χ1v) is 12.2. The van der Waals surface area contributed by atoms with Gasteiger partial charge in [0.05, 0.1) is 23.5 Å². The molecule has 200 valence electrons. The molecule has 0 spiro atoms. The lowest BCUT2D eigenvalue weighted by Gasteiger charge is -2.36. The number of aromatic hydroxyl groups is 1. The summed E-state index contributed by atoms with van der Waals surface area (Å²) in [6.07, 6.45) is 3.11. The van der Waals surface area contributed by atoms with Crippen molar-refractivity contribution < 1.29 is 24.5 Å². The number of nitrogen functional groups attached to an aromatic ring is 1. The summed E-state index contributed by atoms with van der Waals surface area (Å²) in [5.41, 5.74) is 8.01. The SMILES string of the molecule is Nc1nnc(-c2ccccc2O)cc1N1CCN(CC(=O)NCCCOCc2ncc(C(=O)O)cn2)CC1. The zero-order valence-corrected chi connectivity index (χ0v) is 20.8. The Bertz CT molecular complexity index is 1250. The maximum absolute atomic E-state index is 12.4. The predicted octanol–water partition coefficient (Wildman–Crippen LogP) is 0.765. The van der Waals surface area contributed by atoms with Gasteiger partial charge in [0.1, 0.15) is 12.4 Å². The third-order valence-electron chi connectivity index (χ3n) is 6.03. The van der Waals surface area contributed by atoms with Gasteiger partial charge in [-0.25, -0.2) is 14.8 Å². The minimum atomic E-state index is -1.08. The van der Waals surface area contributed by atoms with Gasteiger partial charge in [-0.2, -0.15) is 0 Å². The third-order valence-corrected chi connectivity index (χ3v) is 6.03. The smallest absolute Gasteiger partial charge is 0.338 e. The van der Waals surface area contributed by atoms with E-state index < -0.39 is 5.97 Å². The maximum atomic E-state index is 12.4. The van der Waals surface area contributed by atoms with Gasteiger partial charge in [-0.05, 0) is 24.6 Å². The van der Waals surface area contributed by atoms with Crippen LogP contribution < -0.4 is 16.0 Å². The molecule has 3 aromatic rings. The molecule has 3 heterocycles. The van der Waals surface area contributed by atoms with E-state index in [0.717, 1.165) is 5.69 Å². The Balaban J connectivity index is 1.15. The number of carbonyl (C=O) groups is 2. The molecular formula is C25H30N8O5. The van der Waals surface area contributed by atoms with E-state index in [-0.39, 0.29) is 23.8 Å². The van der Waals surface area contributed by atoms with Crippen LogP contribution in [0.2, 0.25) is 0 Å². The van der Waals surface area contributed by atoms with E-state index in [1.54, 1.807) is 18.2 Å². The lowest BCUT2D eigenvalue weighted by molar-refractivity contribution is -0.122. The molecule has 1 saturated heterocycles. The van der Waals surface area contributed by atoms with Crippen LogP contribution in [0.3, 0.4) is 0 Å². The van der Waals surface area contributed by atoms with Gasteiger partial charge in [0.25, 0.3) is 0 Å². The molecule has 0 bridgehead atoms. The maximum Gasteiger partial charge on any atom is 0.338 e. The quantitative estimate of drug-likeness (QED) is 0.260. The van der Waals surface area contributed by atoms with E-state index in [4.69, 9.17) is 15.6 Å². The van der Waals surface area contributed by atoms with Crippen molar-refractivity contribution in [2.75, 3.05) is 56.5 Å². The minimum absolute atomic E-state index is 0.0229. The Hall–Kier alpha value is -4.36. The lowest BCUT2D eigenvalue weighted by atomic mass is 10.1. The highest BCUT2D eigenvalue weighted by molar-refractivity contribution is 5.86. The van der Waals surface area contributed by atoms with Crippen molar-refractivity contribution >= 4 is 23.4 Å². The monoisotopic (exact) mass is 522 g/mol. The molecule has 13 nitrogen and oxygen atoms in total. The van der Waals surface area contributed by atoms with E-state index in [9.17, 15) is 14.7 Å². The normalized spacial score (nSPS) is 13.8. The summed E-state index contributed by atoms with van der Waals surface area (Å²) in [5.74, 6) is -0.289. The Labute approximate surface area is 219 Å². The van der Waals surface area contributed by atoms with Gasteiger partial charge in [0.15, 0.2) is 11.6 Å². The van der Waals surface area contributed by atoms with Crippen molar-refractivity contribution in [3.05, 3.63) is 54.1 Å². The predicted molar refractivity (Wildman–Crippen MR) is 138 cm³/mol. The number of benzene rings is 1. The number of piperazine rings is 1.